The first kappa shape index (κ1) is 18.1. The van der Waals surface area contributed by atoms with E-state index in [1.807, 2.05) is 60.7 Å². The highest BCUT2D eigenvalue weighted by atomic mass is 16.5. The van der Waals surface area contributed by atoms with Gasteiger partial charge in [0.1, 0.15) is 12.7 Å². The van der Waals surface area contributed by atoms with E-state index in [4.69, 9.17) is 9.84 Å². The quantitative estimate of drug-likeness (QED) is 0.830. The lowest BCUT2D eigenvalue weighted by Gasteiger charge is -2.25. The van der Waals surface area contributed by atoms with E-state index in [9.17, 15) is 9.59 Å². The molecule has 1 unspecified atom stereocenters. The Bertz CT molecular complexity index is 693. The number of hydrogen-bond acceptors (Lipinski definition) is 3. The smallest absolute Gasteiger partial charge is 0.305 e. The minimum Gasteiger partial charge on any atom is -0.481 e. The van der Waals surface area contributed by atoms with Crippen LogP contribution in [0.2, 0.25) is 0 Å². The van der Waals surface area contributed by atoms with Gasteiger partial charge in [-0.15, -0.1) is 0 Å². The summed E-state index contributed by atoms with van der Waals surface area (Å²) in [4.78, 5) is 25.3. The molecule has 0 bridgehead atoms. The van der Waals surface area contributed by atoms with Crippen molar-refractivity contribution in [3.63, 3.8) is 0 Å². The molecular weight excluding hydrogens is 330 g/mol. The SMILES string of the molecule is O=C(O)CC1CCCN1C(=O)COC(c1ccccc1)c1ccccc1. The van der Waals surface area contributed by atoms with Gasteiger partial charge >= 0.3 is 5.97 Å². The Morgan fingerprint density at radius 1 is 1.04 bits per heavy atom. The topological polar surface area (TPSA) is 66.8 Å². The molecule has 2 aromatic rings. The van der Waals surface area contributed by atoms with Crippen LogP contribution < -0.4 is 0 Å². The van der Waals surface area contributed by atoms with Crippen molar-refractivity contribution < 1.29 is 19.4 Å². The predicted molar refractivity (Wildman–Crippen MR) is 97.7 cm³/mol. The van der Waals surface area contributed by atoms with Crippen LogP contribution in [0.25, 0.3) is 0 Å². The second-order valence-electron chi connectivity index (χ2n) is 6.49. The molecule has 1 heterocycles. The van der Waals surface area contributed by atoms with Gasteiger partial charge in [-0.25, -0.2) is 0 Å². The third kappa shape index (κ3) is 4.49. The summed E-state index contributed by atoms with van der Waals surface area (Å²) in [7, 11) is 0. The molecule has 5 nitrogen and oxygen atoms in total. The molecule has 1 amide bonds. The molecule has 5 heteroatoms. The van der Waals surface area contributed by atoms with Crippen molar-refractivity contribution in [2.24, 2.45) is 0 Å². The van der Waals surface area contributed by atoms with E-state index in [1.165, 1.54) is 0 Å². The van der Waals surface area contributed by atoms with Gasteiger partial charge in [-0.2, -0.15) is 0 Å². The molecule has 1 N–H and O–H groups in total. The molecule has 136 valence electrons. The van der Waals surface area contributed by atoms with Crippen LogP contribution in [-0.4, -0.2) is 41.1 Å². The number of carboxylic acid groups (broad SMARTS) is 1. The molecule has 1 aliphatic rings. The molecule has 1 atom stereocenters. The molecule has 0 saturated carbocycles. The van der Waals surface area contributed by atoms with E-state index in [1.54, 1.807) is 4.90 Å². The number of carbonyl (C=O) groups is 2. The highest BCUT2D eigenvalue weighted by Gasteiger charge is 2.30. The monoisotopic (exact) mass is 353 g/mol. The van der Waals surface area contributed by atoms with Gasteiger partial charge in [-0.3, -0.25) is 9.59 Å². The summed E-state index contributed by atoms with van der Waals surface area (Å²) in [6, 6.07) is 19.3. The Balaban J connectivity index is 1.70. The second-order valence-corrected chi connectivity index (χ2v) is 6.49. The zero-order valence-electron chi connectivity index (χ0n) is 14.6. The van der Waals surface area contributed by atoms with Crippen molar-refractivity contribution in [1.82, 2.24) is 4.90 Å². The molecule has 3 rings (SSSR count). The number of carbonyl (C=O) groups excluding carboxylic acids is 1. The molecule has 1 aliphatic heterocycles. The Morgan fingerprint density at radius 3 is 2.15 bits per heavy atom. The van der Waals surface area contributed by atoms with Gasteiger partial charge < -0.3 is 14.7 Å². The predicted octanol–water partition coefficient (Wildman–Crippen LogP) is 3.26. The van der Waals surface area contributed by atoms with Crippen molar-refractivity contribution in [3.8, 4) is 0 Å². The van der Waals surface area contributed by atoms with Gasteiger partial charge in [0.15, 0.2) is 0 Å². The molecule has 0 aromatic heterocycles. The maximum Gasteiger partial charge on any atom is 0.305 e. The van der Waals surface area contributed by atoms with Crippen molar-refractivity contribution in [2.45, 2.75) is 31.4 Å². The third-order valence-corrected chi connectivity index (χ3v) is 4.69. The number of carboxylic acids is 1. The minimum atomic E-state index is -0.873. The van der Waals surface area contributed by atoms with Crippen LogP contribution in [0.5, 0.6) is 0 Å². The number of ether oxygens (including phenoxy) is 1. The third-order valence-electron chi connectivity index (χ3n) is 4.69. The van der Waals surface area contributed by atoms with Crippen molar-refractivity contribution in [1.29, 1.82) is 0 Å². The summed E-state index contributed by atoms with van der Waals surface area (Å²) >= 11 is 0. The molecular formula is C21H23NO4. The maximum absolute atomic E-state index is 12.6. The molecule has 0 spiro atoms. The fraction of sp³-hybridized carbons (Fsp3) is 0.333. The van der Waals surface area contributed by atoms with Crippen LogP contribution in [0, 0.1) is 0 Å². The van der Waals surface area contributed by atoms with Gasteiger partial charge in [-0.1, -0.05) is 60.7 Å². The van der Waals surface area contributed by atoms with Crippen molar-refractivity contribution in [3.05, 3.63) is 71.8 Å². The summed E-state index contributed by atoms with van der Waals surface area (Å²) < 4.78 is 6.00. The lowest BCUT2D eigenvalue weighted by Crippen LogP contribution is -2.39. The first-order chi connectivity index (χ1) is 12.6. The van der Waals surface area contributed by atoms with E-state index >= 15 is 0 Å². The van der Waals surface area contributed by atoms with Crippen molar-refractivity contribution in [2.75, 3.05) is 13.2 Å². The first-order valence-electron chi connectivity index (χ1n) is 8.88. The van der Waals surface area contributed by atoms with Gasteiger partial charge in [0, 0.05) is 12.6 Å². The normalized spacial score (nSPS) is 16.8. The van der Waals surface area contributed by atoms with Gasteiger partial charge in [-0.05, 0) is 24.0 Å². The largest absolute Gasteiger partial charge is 0.481 e. The number of rotatable bonds is 7. The molecule has 0 aliphatic carbocycles. The standard InChI is InChI=1S/C21H23NO4/c23-19(22-13-7-12-18(22)14-20(24)25)15-26-21(16-8-3-1-4-9-16)17-10-5-2-6-11-17/h1-6,8-11,18,21H,7,12-15H2,(H,24,25). The Kier molecular flexibility index (Phi) is 6.02. The Morgan fingerprint density at radius 2 is 1.62 bits per heavy atom. The van der Waals surface area contributed by atoms with Crippen LogP contribution in [0.3, 0.4) is 0 Å². The van der Waals surface area contributed by atoms with E-state index in [0.717, 1.165) is 24.0 Å². The van der Waals surface area contributed by atoms with E-state index in [0.29, 0.717) is 6.54 Å². The summed E-state index contributed by atoms with van der Waals surface area (Å²) in [6.45, 7) is 0.534. The first-order valence-corrected chi connectivity index (χ1v) is 8.88. The number of amides is 1. The zero-order chi connectivity index (χ0) is 18.4. The average molecular weight is 353 g/mol. The van der Waals surface area contributed by atoms with Crippen molar-refractivity contribution >= 4 is 11.9 Å². The highest BCUT2D eigenvalue weighted by molar-refractivity contribution is 5.79. The number of nitrogens with zero attached hydrogens (tertiary/aromatic N) is 1. The second kappa shape index (κ2) is 8.63. The Hall–Kier alpha value is -2.66. The lowest BCUT2D eigenvalue weighted by molar-refractivity contribution is -0.142. The zero-order valence-corrected chi connectivity index (χ0v) is 14.6. The van der Waals surface area contributed by atoms with E-state index in [2.05, 4.69) is 0 Å². The van der Waals surface area contributed by atoms with Crippen LogP contribution >= 0.6 is 0 Å². The van der Waals surface area contributed by atoms with Crippen LogP contribution in [0.15, 0.2) is 60.7 Å². The van der Waals surface area contributed by atoms with Gasteiger partial charge in [0.2, 0.25) is 5.91 Å². The average Bonchev–Trinajstić information content (AvgIpc) is 3.11. The van der Waals surface area contributed by atoms with Crippen LogP contribution in [0.4, 0.5) is 0 Å². The fourth-order valence-corrected chi connectivity index (χ4v) is 3.46. The minimum absolute atomic E-state index is 0.00740. The van der Waals surface area contributed by atoms with Crippen LogP contribution in [0.1, 0.15) is 36.5 Å². The fourth-order valence-electron chi connectivity index (χ4n) is 3.46. The molecule has 2 aromatic carbocycles. The highest BCUT2D eigenvalue weighted by Crippen LogP contribution is 2.26. The van der Waals surface area contributed by atoms with Gasteiger partial charge in [0.05, 0.1) is 6.42 Å². The summed E-state index contributed by atoms with van der Waals surface area (Å²) in [5.74, 6) is -1.02. The summed E-state index contributed by atoms with van der Waals surface area (Å²) in [6.07, 6.45) is 1.23. The molecule has 1 fully saturated rings. The molecule has 26 heavy (non-hydrogen) atoms. The Labute approximate surface area is 153 Å². The lowest BCUT2D eigenvalue weighted by atomic mass is 10.0. The molecule has 0 radical (unpaired) electrons. The molecule has 1 saturated heterocycles. The summed E-state index contributed by atoms with van der Waals surface area (Å²) in [5, 5.41) is 9.02. The van der Waals surface area contributed by atoms with Gasteiger partial charge in [0.25, 0.3) is 0 Å². The number of aliphatic carboxylic acids is 1. The number of benzene rings is 2. The van der Waals surface area contributed by atoms with Crippen LogP contribution in [-0.2, 0) is 14.3 Å². The van der Waals surface area contributed by atoms with E-state index < -0.39 is 5.97 Å². The summed E-state index contributed by atoms with van der Waals surface area (Å²) in [5.41, 5.74) is 1.96. The number of likely N-dealkylation sites (tertiary alicyclic amines) is 1. The van der Waals surface area contributed by atoms with E-state index in [-0.39, 0.29) is 31.1 Å². The number of hydrogen-bond donors (Lipinski definition) is 1. The maximum atomic E-state index is 12.6.